The summed E-state index contributed by atoms with van der Waals surface area (Å²) < 4.78 is 5.73. The Hall–Kier alpha value is -2.07. The normalized spacial score (nSPS) is 12.0. The zero-order chi connectivity index (χ0) is 15.4. The second kappa shape index (κ2) is 6.59. The molecule has 0 saturated carbocycles. The van der Waals surface area contributed by atoms with Crippen molar-refractivity contribution in [3.05, 3.63) is 52.7 Å². The Balaban J connectivity index is 2.43. The zero-order valence-electron chi connectivity index (χ0n) is 11.8. The van der Waals surface area contributed by atoms with E-state index in [0.29, 0.717) is 11.7 Å². The fourth-order valence-corrected chi connectivity index (χ4v) is 2.10. The largest absolute Gasteiger partial charge is 0.477 e. The van der Waals surface area contributed by atoms with Gasteiger partial charge in [0.15, 0.2) is 0 Å². The van der Waals surface area contributed by atoms with Crippen molar-refractivity contribution in [2.45, 2.75) is 26.2 Å². The molecule has 1 unspecified atom stereocenters. The summed E-state index contributed by atoms with van der Waals surface area (Å²) in [6, 6.07) is 10.4. The molecule has 2 rings (SSSR count). The number of benzene rings is 1. The highest BCUT2D eigenvalue weighted by Crippen LogP contribution is 2.33. The van der Waals surface area contributed by atoms with E-state index < -0.39 is 5.97 Å². The number of pyridine rings is 1. The van der Waals surface area contributed by atoms with Gasteiger partial charge < -0.3 is 9.84 Å². The fourth-order valence-electron chi connectivity index (χ4n) is 1.96. The van der Waals surface area contributed by atoms with Gasteiger partial charge in [-0.25, -0.2) is 9.78 Å². The van der Waals surface area contributed by atoms with Gasteiger partial charge in [-0.1, -0.05) is 43.6 Å². The van der Waals surface area contributed by atoms with E-state index in [2.05, 4.69) is 18.8 Å². The Morgan fingerprint density at radius 3 is 2.71 bits per heavy atom. The fraction of sp³-hybridized carbons (Fsp3) is 0.250. The Morgan fingerprint density at radius 2 is 2.05 bits per heavy atom. The molecule has 1 heterocycles. The van der Waals surface area contributed by atoms with Crippen LogP contribution >= 0.6 is 11.6 Å². The zero-order valence-corrected chi connectivity index (χ0v) is 12.6. The van der Waals surface area contributed by atoms with Crippen molar-refractivity contribution in [3.63, 3.8) is 0 Å². The van der Waals surface area contributed by atoms with Crippen LogP contribution in [0.3, 0.4) is 0 Å². The Bertz CT molecular complexity index is 658. The molecule has 4 nitrogen and oxygen atoms in total. The molecule has 1 aromatic heterocycles. The number of carboxylic acids is 1. The molecule has 1 aromatic carbocycles. The number of para-hydroxylation sites is 1. The third-order valence-corrected chi connectivity index (χ3v) is 3.54. The molecule has 0 spiro atoms. The number of hydrogen-bond donors (Lipinski definition) is 1. The number of hydrogen-bond acceptors (Lipinski definition) is 3. The van der Waals surface area contributed by atoms with Gasteiger partial charge in [0.2, 0.25) is 5.88 Å². The molecule has 0 aliphatic heterocycles. The van der Waals surface area contributed by atoms with E-state index in [-0.39, 0.29) is 16.6 Å². The smallest absolute Gasteiger partial charge is 0.341 e. The number of halogens is 1. The maximum atomic E-state index is 11.2. The molecule has 110 valence electrons. The molecule has 0 aliphatic carbocycles. The number of ether oxygens (including phenoxy) is 1. The van der Waals surface area contributed by atoms with E-state index in [9.17, 15) is 9.90 Å². The topological polar surface area (TPSA) is 59.4 Å². The van der Waals surface area contributed by atoms with Crippen LogP contribution in [0.5, 0.6) is 11.6 Å². The SMILES string of the molecule is CCC(C)c1ccccc1Oc1nc(Cl)ccc1C(=O)O. The lowest BCUT2D eigenvalue weighted by atomic mass is 9.98. The molecule has 0 bridgehead atoms. The molecule has 0 saturated heterocycles. The highest BCUT2D eigenvalue weighted by Gasteiger charge is 2.17. The van der Waals surface area contributed by atoms with Gasteiger partial charge in [0.05, 0.1) is 0 Å². The minimum atomic E-state index is -1.10. The third-order valence-electron chi connectivity index (χ3n) is 3.33. The summed E-state index contributed by atoms with van der Waals surface area (Å²) >= 11 is 5.83. The average molecular weight is 306 g/mol. The molecule has 1 N–H and O–H groups in total. The van der Waals surface area contributed by atoms with Gasteiger partial charge in [0, 0.05) is 0 Å². The second-order valence-corrected chi connectivity index (χ2v) is 5.13. The second-order valence-electron chi connectivity index (χ2n) is 4.74. The number of rotatable bonds is 5. The van der Waals surface area contributed by atoms with Gasteiger partial charge in [0.25, 0.3) is 0 Å². The molecule has 2 aromatic rings. The van der Waals surface area contributed by atoms with Crippen molar-refractivity contribution in [2.24, 2.45) is 0 Å². The van der Waals surface area contributed by atoms with Crippen molar-refractivity contribution >= 4 is 17.6 Å². The van der Waals surface area contributed by atoms with E-state index in [0.717, 1.165) is 12.0 Å². The monoisotopic (exact) mass is 305 g/mol. The standard InChI is InChI=1S/C16H16ClNO3/c1-3-10(2)11-6-4-5-7-13(11)21-15-12(16(19)20)8-9-14(17)18-15/h4-10H,3H2,1-2H3,(H,19,20). The molecule has 0 fully saturated rings. The summed E-state index contributed by atoms with van der Waals surface area (Å²) in [5, 5.41) is 9.39. The van der Waals surface area contributed by atoms with Crippen LogP contribution in [0.15, 0.2) is 36.4 Å². The Morgan fingerprint density at radius 1 is 1.33 bits per heavy atom. The van der Waals surface area contributed by atoms with E-state index in [4.69, 9.17) is 16.3 Å². The van der Waals surface area contributed by atoms with Crippen LogP contribution in [0.25, 0.3) is 0 Å². The summed E-state index contributed by atoms with van der Waals surface area (Å²) in [5.74, 6) is -0.196. The first-order chi connectivity index (χ1) is 10.0. The first-order valence-corrected chi connectivity index (χ1v) is 7.07. The van der Waals surface area contributed by atoms with E-state index >= 15 is 0 Å². The lowest BCUT2D eigenvalue weighted by molar-refractivity contribution is 0.0693. The average Bonchev–Trinajstić information content (AvgIpc) is 2.47. The third kappa shape index (κ3) is 3.52. The van der Waals surface area contributed by atoms with Crippen LogP contribution in [0.2, 0.25) is 5.15 Å². The van der Waals surface area contributed by atoms with E-state index in [1.807, 2.05) is 18.2 Å². The highest BCUT2D eigenvalue weighted by molar-refractivity contribution is 6.29. The predicted molar refractivity (Wildman–Crippen MR) is 81.4 cm³/mol. The molecule has 1 atom stereocenters. The number of nitrogens with zero attached hydrogens (tertiary/aromatic N) is 1. The quantitative estimate of drug-likeness (QED) is 0.811. The van der Waals surface area contributed by atoms with Gasteiger partial charge in [-0.05, 0) is 36.1 Å². The van der Waals surface area contributed by atoms with Gasteiger partial charge in [-0.15, -0.1) is 0 Å². The maximum Gasteiger partial charge on any atom is 0.341 e. The maximum absolute atomic E-state index is 11.2. The number of carboxylic acid groups (broad SMARTS) is 1. The molecule has 0 aliphatic rings. The summed E-state index contributed by atoms with van der Waals surface area (Å²) in [6.07, 6.45) is 0.954. The molecular weight excluding hydrogens is 290 g/mol. The summed E-state index contributed by atoms with van der Waals surface area (Å²) in [6.45, 7) is 4.17. The predicted octanol–water partition coefficient (Wildman–Crippen LogP) is 4.74. The van der Waals surface area contributed by atoms with Crippen molar-refractivity contribution < 1.29 is 14.6 Å². The van der Waals surface area contributed by atoms with Crippen LogP contribution in [0, 0.1) is 0 Å². The highest BCUT2D eigenvalue weighted by atomic mass is 35.5. The van der Waals surface area contributed by atoms with Crippen molar-refractivity contribution in [3.8, 4) is 11.6 Å². The molecule has 0 radical (unpaired) electrons. The van der Waals surface area contributed by atoms with Crippen LogP contribution in [-0.4, -0.2) is 16.1 Å². The first-order valence-electron chi connectivity index (χ1n) is 6.69. The summed E-state index contributed by atoms with van der Waals surface area (Å²) in [4.78, 5) is 15.2. The number of aromatic carboxylic acids is 1. The van der Waals surface area contributed by atoms with Crippen molar-refractivity contribution in [2.75, 3.05) is 0 Å². The van der Waals surface area contributed by atoms with E-state index in [1.54, 1.807) is 6.07 Å². The number of carbonyl (C=O) groups is 1. The number of aromatic nitrogens is 1. The van der Waals surface area contributed by atoms with Gasteiger partial charge in [-0.2, -0.15) is 0 Å². The first kappa shape index (κ1) is 15.3. The van der Waals surface area contributed by atoms with Gasteiger partial charge in [-0.3, -0.25) is 0 Å². The summed E-state index contributed by atoms with van der Waals surface area (Å²) in [7, 11) is 0. The minimum absolute atomic E-state index is 0.00533. The Kier molecular flexibility index (Phi) is 4.81. The van der Waals surface area contributed by atoms with Crippen LogP contribution in [0.1, 0.15) is 42.1 Å². The van der Waals surface area contributed by atoms with Crippen LogP contribution in [-0.2, 0) is 0 Å². The molecule has 0 amide bonds. The van der Waals surface area contributed by atoms with Gasteiger partial charge in [0.1, 0.15) is 16.5 Å². The summed E-state index contributed by atoms with van der Waals surface area (Å²) in [5.41, 5.74) is 0.997. The molecule has 21 heavy (non-hydrogen) atoms. The lowest BCUT2D eigenvalue weighted by Crippen LogP contribution is -2.04. The lowest BCUT2D eigenvalue weighted by Gasteiger charge is -2.15. The van der Waals surface area contributed by atoms with E-state index in [1.165, 1.54) is 12.1 Å². The molecule has 5 heteroatoms. The Labute approximate surface area is 128 Å². The van der Waals surface area contributed by atoms with Crippen LogP contribution in [0.4, 0.5) is 0 Å². The van der Waals surface area contributed by atoms with Crippen LogP contribution < -0.4 is 4.74 Å². The van der Waals surface area contributed by atoms with Crippen molar-refractivity contribution in [1.82, 2.24) is 4.98 Å². The minimum Gasteiger partial charge on any atom is -0.477 e. The van der Waals surface area contributed by atoms with Crippen molar-refractivity contribution in [1.29, 1.82) is 0 Å². The molecular formula is C16H16ClNO3. The van der Waals surface area contributed by atoms with Gasteiger partial charge >= 0.3 is 5.97 Å².